The van der Waals surface area contributed by atoms with Crippen LogP contribution in [0.4, 0.5) is 0 Å². The van der Waals surface area contributed by atoms with Crippen molar-refractivity contribution in [3.8, 4) is 0 Å². The first-order chi connectivity index (χ1) is 16.0. The summed E-state index contributed by atoms with van der Waals surface area (Å²) in [6.07, 6.45) is 13.6. The Morgan fingerprint density at radius 1 is 0.618 bits per heavy atom. The van der Waals surface area contributed by atoms with E-state index in [4.69, 9.17) is 23.7 Å². The van der Waals surface area contributed by atoms with Gasteiger partial charge >= 0.3 is 0 Å². The summed E-state index contributed by atoms with van der Waals surface area (Å²) in [5, 5.41) is 9.39. The SMILES string of the molecule is C.C1CCOC1.CCC1(CI)CCC2(CC1)OCCO2.CCC1(CO)CCC2(CC1)OCCO2. The lowest BCUT2D eigenvalue weighted by Crippen LogP contribution is -2.41. The molecule has 0 aromatic carbocycles. The monoisotopic (exact) mass is 598 g/mol. The number of aliphatic hydroxyl groups is 1. The Hall–Kier alpha value is 0.490. The summed E-state index contributed by atoms with van der Waals surface area (Å²) >= 11 is 2.53. The van der Waals surface area contributed by atoms with Gasteiger partial charge in [-0.15, -0.1) is 0 Å². The smallest absolute Gasteiger partial charge is 0.168 e. The van der Waals surface area contributed by atoms with E-state index in [1.54, 1.807) is 0 Å². The Balaban J connectivity index is 0.000000195. The molecule has 3 saturated heterocycles. The highest BCUT2D eigenvalue weighted by atomic mass is 127. The van der Waals surface area contributed by atoms with Gasteiger partial charge in [0.05, 0.1) is 26.4 Å². The van der Waals surface area contributed by atoms with Crippen LogP contribution in [0, 0.1) is 10.8 Å². The molecule has 2 saturated carbocycles. The fourth-order valence-electron chi connectivity index (χ4n) is 5.61. The summed E-state index contributed by atoms with van der Waals surface area (Å²) in [7, 11) is 0. The van der Waals surface area contributed by atoms with Crippen LogP contribution < -0.4 is 0 Å². The van der Waals surface area contributed by atoms with Crippen molar-refractivity contribution >= 4 is 22.6 Å². The Morgan fingerprint density at radius 2 is 1.00 bits per heavy atom. The lowest BCUT2D eigenvalue weighted by Gasteiger charge is -2.42. The minimum absolute atomic E-state index is 0. The predicted molar refractivity (Wildman–Crippen MR) is 144 cm³/mol. The zero-order valence-corrected chi connectivity index (χ0v) is 23.2. The van der Waals surface area contributed by atoms with E-state index in [0.29, 0.717) is 12.0 Å². The molecule has 2 aliphatic carbocycles. The molecule has 5 aliphatic rings. The first kappa shape index (κ1) is 30.7. The van der Waals surface area contributed by atoms with Crippen LogP contribution in [-0.4, -0.2) is 67.4 Å². The lowest BCUT2D eigenvalue weighted by atomic mass is 9.71. The van der Waals surface area contributed by atoms with Gasteiger partial charge in [0.2, 0.25) is 0 Å². The Kier molecular flexibility index (Phi) is 13.0. The molecule has 5 fully saturated rings. The largest absolute Gasteiger partial charge is 0.396 e. The van der Waals surface area contributed by atoms with Crippen molar-refractivity contribution in [1.29, 1.82) is 0 Å². The molecule has 0 aromatic heterocycles. The van der Waals surface area contributed by atoms with Gasteiger partial charge in [-0.05, 0) is 62.2 Å². The van der Waals surface area contributed by atoms with Crippen molar-refractivity contribution in [3.05, 3.63) is 0 Å². The number of aliphatic hydroxyl groups excluding tert-OH is 1. The summed E-state index contributed by atoms with van der Waals surface area (Å²) in [6, 6.07) is 0. The van der Waals surface area contributed by atoms with Gasteiger partial charge in [-0.25, -0.2) is 0 Å². The summed E-state index contributed by atoms with van der Waals surface area (Å²) in [5.41, 5.74) is 0.710. The van der Waals surface area contributed by atoms with Crippen molar-refractivity contribution < 1.29 is 28.8 Å². The van der Waals surface area contributed by atoms with Gasteiger partial charge in [0, 0.05) is 49.9 Å². The zero-order chi connectivity index (χ0) is 23.7. The fourth-order valence-corrected chi connectivity index (χ4v) is 6.91. The number of hydrogen-bond donors (Lipinski definition) is 1. The third-order valence-corrected chi connectivity index (χ3v) is 10.3. The molecular weight excluding hydrogens is 547 g/mol. The zero-order valence-electron chi connectivity index (χ0n) is 21.0. The molecule has 1 N–H and O–H groups in total. The molecule has 34 heavy (non-hydrogen) atoms. The van der Waals surface area contributed by atoms with Gasteiger partial charge < -0.3 is 28.8 Å². The van der Waals surface area contributed by atoms with Gasteiger partial charge in [-0.3, -0.25) is 0 Å². The molecule has 2 spiro atoms. The van der Waals surface area contributed by atoms with E-state index >= 15 is 0 Å². The Bertz CT molecular complexity index is 460. The standard InChI is InChI=1S/C11H19IO2.C11H20O3.C4H8O.CH4/c2*1-2-10(9-12)3-5-11(6-4-10)13-7-8-14-11;1-2-4-5-3-1;/h2-9H2,1H3;12H,2-9H2,1H3;1-4H2;1H4. The third kappa shape index (κ3) is 7.99. The topological polar surface area (TPSA) is 66.4 Å². The first-order valence-electron chi connectivity index (χ1n) is 13.3. The quantitative estimate of drug-likeness (QED) is 0.305. The van der Waals surface area contributed by atoms with E-state index in [9.17, 15) is 5.11 Å². The van der Waals surface area contributed by atoms with Crippen LogP contribution in [-0.2, 0) is 23.7 Å². The van der Waals surface area contributed by atoms with E-state index < -0.39 is 0 Å². The minimum atomic E-state index is -0.284. The molecular formula is C27H51IO6. The van der Waals surface area contributed by atoms with Crippen molar-refractivity contribution in [1.82, 2.24) is 0 Å². The number of alkyl halides is 1. The van der Waals surface area contributed by atoms with Gasteiger partial charge in [-0.1, -0.05) is 43.9 Å². The summed E-state index contributed by atoms with van der Waals surface area (Å²) in [5.74, 6) is -0.460. The van der Waals surface area contributed by atoms with Crippen LogP contribution in [0.2, 0.25) is 0 Å². The maximum atomic E-state index is 9.39. The highest BCUT2D eigenvalue weighted by Gasteiger charge is 2.46. The van der Waals surface area contributed by atoms with Crippen LogP contribution in [0.1, 0.15) is 98.3 Å². The molecule has 5 rings (SSSR count). The Labute approximate surface area is 222 Å². The molecule has 3 aliphatic heterocycles. The van der Waals surface area contributed by atoms with Crippen LogP contribution in [0.25, 0.3) is 0 Å². The van der Waals surface area contributed by atoms with Crippen LogP contribution in [0.15, 0.2) is 0 Å². The second-order valence-electron chi connectivity index (χ2n) is 10.5. The van der Waals surface area contributed by atoms with Crippen molar-refractivity contribution in [2.24, 2.45) is 10.8 Å². The summed E-state index contributed by atoms with van der Waals surface area (Å²) in [6.45, 7) is 9.83. The molecule has 202 valence electrons. The van der Waals surface area contributed by atoms with Gasteiger partial charge in [0.15, 0.2) is 11.6 Å². The Morgan fingerprint density at radius 3 is 1.26 bits per heavy atom. The molecule has 0 atom stereocenters. The number of hydrogen-bond acceptors (Lipinski definition) is 6. The molecule has 3 heterocycles. The van der Waals surface area contributed by atoms with Gasteiger partial charge in [0.1, 0.15) is 0 Å². The predicted octanol–water partition coefficient (Wildman–Crippen LogP) is 6.26. The highest BCUT2D eigenvalue weighted by molar-refractivity contribution is 14.1. The average Bonchev–Trinajstić information content (AvgIpc) is 3.67. The van der Waals surface area contributed by atoms with E-state index in [0.717, 1.165) is 84.6 Å². The number of ether oxygens (including phenoxy) is 5. The highest BCUT2D eigenvalue weighted by Crippen LogP contribution is 2.48. The molecule has 0 amide bonds. The first-order valence-corrected chi connectivity index (χ1v) is 14.8. The second-order valence-corrected chi connectivity index (χ2v) is 11.3. The normalized spacial score (nSPS) is 30.7. The maximum Gasteiger partial charge on any atom is 0.168 e. The molecule has 0 aromatic rings. The molecule has 7 heteroatoms. The van der Waals surface area contributed by atoms with Crippen molar-refractivity contribution in [2.75, 3.05) is 50.7 Å². The maximum absolute atomic E-state index is 9.39. The minimum Gasteiger partial charge on any atom is -0.396 e. The van der Waals surface area contributed by atoms with E-state index in [2.05, 4.69) is 36.4 Å². The van der Waals surface area contributed by atoms with E-state index in [1.807, 2.05) is 0 Å². The van der Waals surface area contributed by atoms with E-state index in [-0.39, 0.29) is 24.4 Å². The third-order valence-electron chi connectivity index (χ3n) is 8.72. The van der Waals surface area contributed by atoms with Crippen LogP contribution >= 0.6 is 22.6 Å². The summed E-state index contributed by atoms with van der Waals surface area (Å²) < 4.78 is 29.0. The van der Waals surface area contributed by atoms with E-state index in [1.165, 1.54) is 36.5 Å². The molecule has 0 unspecified atom stereocenters. The molecule has 6 nitrogen and oxygen atoms in total. The van der Waals surface area contributed by atoms with Crippen molar-refractivity contribution in [2.45, 2.75) is 110 Å². The number of halogens is 1. The fraction of sp³-hybridized carbons (Fsp3) is 1.00. The van der Waals surface area contributed by atoms with Crippen molar-refractivity contribution in [3.63, 3.8) is 0 Å². The van der Waals surface area contributed by atoms with Gasteiger partial charge in [0.25, 0.3) is 0 Å². The second kappa shape index (κ2) is 14.4. The van der Waals surface area contributed by atoms with Gasteiger partial charge in [-0.2, -0.15) is 0 Å². The molecule has 0 radical (unpaired) electrons. The lowest BCUT2D eigenvalue weighted by molar-refractivity contribution is -0.195. The number of rotatable bonds is 4. The van der Waals surface area contributed by atoms with Crippen LogP contribution in [0.3, 0.4) is 0 Å². The summed E-state index contributed by atoms with van der Waals surface area (Å²) in [4.78, 5) is 0. The van der Waals surface area contributed by atoms with Crippen LogP contribution in [0.5, 0.6) is 0 Å². The average molecular weight is 599 g/mol. The molecule has 0 bridgehead atoms.